The molecule has 0 fully saturated rings. The maximum absolute atomic E-state index is 11.8. The van der Waals surface area contributed by atoms with Crippen LogP contribution in [0.3, 0.4) is 0 Å². The Morgan fingerprint density at radius 1 is 1.07 bits per heavy atom. The molecule has 0 radical (unpaired) electrons. The smallest absolute Gasteiger partial charge is 0.137 e. The van der Waals surface area contributed by atoms with Crippen LogP contribution >= 0.6 is 11.8 Å². The van der Waals surface area contributed by atoms with Gasteiger partial charge in [0.25, 0.3) is 0 Å². The van der Waals surface area contributed by atoms with E-state index in [2.05, 4.69) is 86.7 Å². The molecular formula is C25H32N2OS. The van der Waals surface area contributed by atoms with E-state index in [0.29, 0.717) is 5.92 Å². The van der Waals surface area contributed by atoms with Crippen LogP contribution < -0.4 is 0 Å². The number of carbonyl (C=O) groups excluding carboxylic acids is 1. The van der Waals surface area contributed by atoms with E-state index in [1.54, 1.807) is 11.8 Å². The SMILES string of the molecule is CC(C)Cn1c2c(c3ccccc31)C(C=O)Sc1ccccc1-2.CCN(C)CC. The Labute approximate surface area is 179 Å². The molecule has 1 unspecified atom stereocenters. The number of hydrogen-bond acceptors (Lipinski definition) is 3. The molecule has 3 aromatic rings. The zero-order chi connectivity index (χ0) is 21.0. The van der Waals surface area contributed by atoms with Gasteiger partial charge in [0.1, 0.15) is 6.29 Å². The van der Waals surface area contributed by atoms with Crippen LogP contribution in [-0.2, 0) is 11.3 Å². The molecule has 1 aromatic heterocycles. The first kappa shape index (κ1) is 21.7. The highest BCUT2D eigenvalue weighted by molar-refractivity contribution is 8.00. The molecule has 2 heterocycles. The maximum atomic E-state index is 11.8. The number of hydrogen-bond donors (Lipinski definition) is 0. The van der Waals surface area contributed by atoms with E-state index in [9.17, 15) is 4.79 Å². The van der Waals surface area contributed by atoms with Crippen molar-refractivity contribution in [1.82, 2.24) is 9.47 Å². The standard InChI is InChI=1S/C20H19NOS.C5H13N/c1-13(2)11-21-16-9-5-3-7-14(16)19-18(12-22)23-17-10-6-4-8-15(17)20(19)21;1-4-6(3)5-2/h3-10,12-13,18H,11H2,1-2H3;4-5H2,1-3H3. The van der Waals surface area contributed by atoms with E-state index in [0.717, 1.165) is 25.9 Å². The van der Waals surface area contributed by atoms with Gasteiger partial charge in [0.15, 0.2) is 0 Å². The van der Waals surface area contributed by atoms with Gasteiger partial charge in [-0.05, 0) is 38.2 Å². The molecule has 0 saturated heterocycles. The van der Waals surface area contributed by atoms with Crippen molar-refractivity contribution in [3.8, 4) is 11.3 Å². The molecule has 0 bridgehead atoms. The largest absolute Gasteiger partial charge is 0.340 e. The van der Waals surface area contributed by atoms with Crippen LogP contribution in [0.2, 0.25) is 0 Å². The summed E-state index contributed by atoms with van der Waals surface area (Å²) >= 11 is 1.67. The Morgan fingerprint density at radius 3 is 2.34 bits per heavy atom. The average Bonchev–Trinajstić information content (AvgIpc) is 3.07. The van der Waals surface area contributed by atoms with Gasteiger partial charge in [0, 0.05) is 33.5 Å². The first-order valence-corrected chi connectivity index (χ1v) is 11.4. The summed E-state index contributed by atoms with van der Waals surface area (Å²) in [5, 5.41) is 1.08. The van der Waals surface area contributed by atoms with Crippen molar-refractivity contribution in [1.29, 1.82) is 0 Å². The summed E-state index contributed by atoms with van der Waals surface area (Å²) in [6.07, 6.45) is 1.09. The summed E-state index contributed by atoms with van der Waals surface area (Å²) in [7, 11) is 2.11. The molecular weight excluding hydrogens is 376 g/mol. The third-order valence-corrected chi connectivity index (χ3v) is 6.65. The molecule has 4 heteroatoms. The molecule has 29 heavy (non-hydrogen) atoms. The van der Waals surface area contributed by atoms with Crippen molar-refractivity contribution < 1.29 is 4.79 Å². The van der Waals surface area contributed by atoms with Gasteiger partial charge in [-0.2, -0.15) is 0 Å². The summed E-state index contributed by atoms with van der Waals surface area (Å²) in [4.78, 5) is 15.2. The quantitative estimate of drug-likeness (QED) is 0.465. The number of para-hydroxylation sites is 1. The number of benzene rings is 2. The van der Waals surface area contributed by atoms with Crippen molar-refractivity contribution in [3.63, 3.8) is 0 Å². The minimum absolute atomic E-state index is 0.127. The van der Waals surface area contributed by atoms with Gasteiger partial charge in [0.2, 0.25) is 0 Å². The number of aromatic nitrogens is 1. The molecule has 0 N–H and O–H groups in total. The Morgan fingerprint density at radius 2 is 1.72 bits per heavy atom. The van der Waals surface area contributed by atoms with Crippen molar-refractivity contribution in [2.24, 2.45) is 5.92 Å². The second-order valence-electron chi connectivity index (χ2n) is 7.94. The van der Waals surface area contributed by atoms with Crippen molar-refractivity contribution in [3.05, 3.63) is 54.1 Å². The van der Waals surface area contributed by atoms with Gasteiger partial charge in [0.05, 0.1) is 10.9 Å². The van der Waals surface area contributed by atoms with Crippen LogP contribution in [0, 0.1) is 5.92 Å². The van der Waals surface area contributed by atoms with Crippen LogP contribution in [0.15, 0.2) is 53.4 Å². The van der Waals surface area contributed by atoms with Crippen LogP contribution in [0.25, 0.3) is 22.2 Å². The fourth-order valence-corrected chi connectivity index (χ4v) is 4.88. The molecule has 1 atom stereocenters. The molecule has 0 amide bonds. The Hall–Kier alpha value is -2.04. The number of aldehydes is 1. The van der Waals surface area contributed by atoms with Crippen molar-refractivity contribution in [2.75, 3.05) is 20.1 Å². The molecule has 4 rings (SSSR count). The molecule has 0 spiro atoms. The molecule has 0 saturated carbocycles. The molecule has 3 nitrogen and oxygen atoms in total. The van der Waals surface area contributed by atoms with Crippen LogP contribution in [0.5, 0.6) is 0 Å². The molecule has 154 valence electrons. The highest BCUT2D eigenvalue weighted by Crippen LogP contribution is 2.51. The van der Waals surface area contributed by atoms with E-state index >= 15 is 0 Å². The van der Waals surface area contributed by atoms with E-state index in [1.807, 2.05) is 6.07 Å². The third-order valence-electron chi connectivity index (χ3n) is 5.44. The molecule has 1 aliphatic rings. The summed E-state index contributed by atoms with van der Waals surface area (Å²) in [6, 6.07) is 16.9. The molecule has 0 aliphatic carbocycles. The van der Waals surface area contributed by atoms with Gasteiger partial charge in [-0.15, -0.1) is 11.8 Å². The van der Waals surface area contributed by atoms with E-state index < -0.39 is 0 Å². The normalized spacial score (nSPS) is 15.1. The minimum atomic E-state index is -0.127. The van der Waals surface area contributed by atoms with E-state index in [1.165, 1.54) is 32.6 Å². The zero-order valence-corrected chi connectivity index (χ0v) is 19.0. The number of carbonyl (C=O) groups is 1. The van der Waals surface area contributed by atoms with Gasteiger partial charge in [-0.1, -0.05) is 64.1 Å². The molecule has 2 aromatic carbocycles. The molecule has 1 aliphatic heterocycles. The zero-order valence-electron chi connectivity index (χ0n) is 18.2. The highest BCUT2D eigenvalue weighted by atomic mass is 32.2. The van der Waals surface area contributed by atoms with Gasteiger partial charge >= 0.3 is 0 Å². The summed E-state index contributed by atoms with van der Waals surface area (Å²) in [5.74, 6) is 0.548. The minimum Gasteiger partial charge on any atom is -0.340 e. The first-order valence-electron chi connectivity index (χ1n) is 10.5. The summed E-state index contributed by atoms with van der Waals surface area (Å²) in [6.45, 7) is 12.1. The van der Waals surface area contributed by atoms with Crippen molar-refractivity contribution >= 4 is 29.0 Å². The first-order chi connectivity index (χ1) is 14.0. The van der Waals surface area contributed by atoms with Crippen LogP contribution in [0.4, 0.5) is 0 Å². The predicted octanol–water partition coefficient (Wildman–Crippen LogP) is 6.27. The van der Waals surface area contributed by atoms with E-state index in [4.69, 9.17) is 0 Å². The fraction of sp³-hybridized carbons (Fsp3) is 0.400. The number of rotatable bonds is 5. The monoisotopic (exact) mass is 408 g/mol. The fourth-order valence-electron chi connectivity index (χ4n) is 3.74. The average molecular weight is 409 g/mol. The number of fused-ring (bicyclic) bond motifs is 5. The van der Waals surface area contributed by atoms with Gasteiger partial charge in [-0.25, -0.2) is 0 Å². The maximum Gasteiger partial charge on any atom is 0.137 e. The summed E-state index contributed by atoms with van der Waals surface area (Å²) in [5.41, 5.74) is 4.89. The van der Waals surface area contributed by atoms with Gasteiger partial charge in [-0.3, -0.25) is 0 Å². The Kier molecular flexibility index (Phi) is 7.20. The van der Waals surface area contributed by atoms with Crippen LogP contribution in [0.1, 0.15) is 38.5 Å². The number of nitrogens with zero attached hydrogens (tertiary/aromatic N) is 2. The highest BCUT2D eigenvalue weighted by Gasteiger charge is 2.31. The predicted molar refractivity (Wildman–Crippen MR) is 126 cm³/mol. The lowest BCUT2D eigenvalue weighted by atomic mass is 10.0. The Balaban J connectivity index is 0.000000353. The third kappa shape index (κ3) is 4.44. The summed E-state index contributed by atoms with van der Waals surface area (Å²) < 4.78 is 2.41. The lowest BCUT2D eigenvalue weighted by Crippen LogP contribution is -2.15. The number of thioether (sulfide) groups is 1. The topological polar surface area (TPSA) is 25.2 Å². The Bertz CT molecular complexity index is 972. The second-order valence-corrected chi connectivity index (χ2v) is 9.13. The van der Waals surface area contributed by atoms with Gasteiger partial charge < -0.3 is 14.3 Å². The lowest BCUT2D eigenvalue weighted by Gasteiger charge is -2.24. The van der Waals surface area contributed by atoms with Crippen molar-refractivity contribution in [2.45, 2.75) is 44.4 Å². The van der Waals surface area contributed by atoms with Crippen LogP contribution in [-0.4, -0.2) is 35.9 Å². The second kappa shape index (κ2) is 9.64. The van der Waals surface area contributed by atoms with E-state index in [-0.39, 0.29) is 5.25 Å². The lowest BCUT2D eigenvalue weighted by molar-refractivity contribution is -0.107.